The first kappa shape index (κ1) is 23.7. The van der Waals surface area contributed by atoms with Crippen LogP contribution in [0.25, 0.3) is 0 Å². The predicted octanol–water partition coefficient (Wildman–Crippen LogP) is 7.21. The van der Waals surface area contributed by atoms with Gasteiger partial charge in [0.1, 0.15) is 0 Å². The van der Waals surface area contributed by atoms with Gasteiger partial charge in [0, 0.05) is 6.42 Å². The van der Waals surface area contributed by atoms with Crippen LogP contribution in [0.2, 0.25) is 0 Å². The van der Waals surface area contributed by atoms with Gasteiger partial charge in [0.25, 0.3) is 0 Å². The van der Waals surface area contributed by atoms with Crippen LogP contribution in [-0.4, -0.2) is 24.8 Å². The molecule has 0 aromatic heterocycles. The highest BCUT2D eigenvalue weighted by atomic mass is 16.6. The summed E-state index contributed by atoms with van der Waals surface area (Å²) in [6.45, 7) is 5.26. The van der Waals surface area contributed by atoms with Crippen molar-refractivity contribution < 1.29 is 14.3 Å². The SMILES string of the molecule is CC(C)CCCCCCCCCCCCCCC(=O)OCC1CCC2OC2C1. The summed E-state index contributed by atoms with van der Waals surface area (Å²) in [5, 5.41) is 0. The molecule has 164 valence electrons. The Morgan fingerprint density at radius 1 is 0.821 bits per heavy atom. The van der Waals surface area contributed by atoms with E-state index in [2.05, 4.69) is 13.8 Å². The van der Waals surface area contributed by atoms with Crippen molar-refractivity contribution in [3.63, 3.8) is 0 Å². The quantitative estimate of drug-likeness (QED) is 0.148. The molecular formula is C25H46O3. The molecule has 3 heteroatoms. The lowest BCUT2D eigenvalue weighted by Crippen LogP contribution is -2.20. The Hall–Kier alpha value is -0.570. The molecule has 0 amide bonds. The molecule has 0 bridgehead atoms. The number of ether oxygens (including phenoxy) is 2. The lowest BCUT2D eigenvalue weighted by Gasteiger charge is -2.18. The van der Waals surface area contributed by atoms with E-state index in [9.17, 15) is 4.79 Å². The molecule has 0 aromatic rings. The van der Waals surface area contributed by atoms with Gasteiger partial charge in [-0.3, -0.25) is 4.79 Å². The molecule has 2 fully saturated rings. The van der Waals surface area contributed by atoms with Crippen LogP contribution in [-0.2, 0) is 14.3 Å². The lowest BCUT2D eigenvalue weighted by atomic mass is 9.90. The van der Waals surface area contributed by atoms with E-state index in [1.807, 2.05) is 0 Å². The summed E-state index contributed by atoms with van der Waals surface area (Å²) in [6, 6.07) is 0. The maximum Gasteiger partial charge on any atom is 0.305 e. The van der Waals surface area contributed by atoms with E-state index in [0.717, 1.165) is 31.6 Å². The zero-order chi connectivity index (χ0) is 20.0. The number of carbonyl (C=O) groups is 1. The van der Waals surface area contributed by atoms with Crippen LogP contribution in [0.5, 0.6) is 0 Å². The molecule has 3 atom stereocenters. The summed E-state index contributed by atoms with van der Waals surface area (Å²) in [7, 11) is 0. The average Bonchev–Trinajstić information content (AvgIpc) is 3.45. The van der Waals surface area contributed by atoms with Crippen molar-refractivity contribution in [1.82, 2.24) is 0 Å². The zero-order valence-corrected chi connectivity index (χ0v) is 18.8. The molecule has 1 saturated carbocycles. The van der Waals surface area contributed by atoms with E-state index in [-0.39, 0.29) is 5.97 Å². The van der Waals surface area contributed by atoms with Crippen molar-refractivity contribution in [2.75, 3.05) is 6.61 Å². The second-order valence-electron chi connectivity index (χ2n) is 9.75. The van der Waals surface area contributed by atoms with Crippen molar-refractivity contribution in [1.29, 1.82) is 0 Å². The van der Waals surface area contributed by atoms with Crippen LogP contribution in [0.15, 0.2) is 0 Å². The standard InChI is InChI=1S/C25H46O3/c1-21(2)15-13-11-9-7-5-3-4-6-8-10-12-14-16-25(26)27-20-22-17-18-23-24(19-22)28-23/h21-24H,3-20H2,1-2H3. The van der Waals surface area contributed by atoms with Crippen LogP contribution in [0.3, 0.4) is 0 Å². The van der Waals surface area contributed by atoms with Gasteiger partial charge < -0.3 is 9.47 Å². The Morgan fingerprint density at radius 2 is 1.39 bits per heavy atom. The molecule has 1 heterocycles. The van der Waals surface area contributed by atoms with Crippen LogP contribution in [0.4, 0.5) is 0 Å². The lowest BCUT2D eigenvalue weighted by molar-refractivity contribution is -0.145. The van der Waals surface area contributed by atoms with E-state index in [4.69, 9.17) is 9.47 Å². The van der Waals surface area contributed by atoms with Crippen molar-refractivity contribution in [2.24, 2.45) is 11.8 Å². The third-order valence-corrected chi connectivity index (χ3v) is 6.51. The molecule has 0 spiro atoms. The smallest absolute Gasteiger partial charge is 0.305 e. The Morgan fingerprint density at radius 3 is 1.96 bits per heavy atom. The van der Waals surface area contributed by atoms with Crippen LogP contribution < -0.4 is 0 Å². The minimum atomic E-state index is 0.00670. The molecule has 0 radical (unpaired) electrons. The van der Waals surface area contributed by atoms with Crippen LogP contribution in [0, 0.1) is 11.8 Å². The minimum Gasteiger partial charge on any atom is -0.465 e. The maximum atomic E-state index is 11.9. The third kappa shape index (κ3) is 11.4. The number of fused-ring (bicyclic) bond motifs is 1. The number of unbranched alkanes of at least 4 members (excludes halogenated alkanes) is 11. The molecule has 3 unspecified atom stereocenters. The van der Waals surface area contributed by atoms with Crippen molar-refractivity contribution in [3.05, 3.63) is 0 Å². The van der Waals surface area contributed by atoms with Gasteiger partial charge in [0.05, 0.1) is 18.8 Å². The van der Waals surface area contributed by atoms with Gasteiger partial charge in [-0.2, -0.15) is 0 Å². The molecule has 28 heavy (non-hydrogen) atoms. The number of esters is 1. The fourth-order valence-corrected chi connectivity index (χ4v) is 4.51. The molecule has 2 rings (SSSR count). The Kier molecular flexibility index (Phi) is 12.2. The first-order valence-electron chi connectivity index (χ1n) is 12.5. The Labute approximate surface area is 174 Å². The van der Waals surface area contributed by atoms with Gasteiger partial charge in [-0.05, 0) is 37.5 Å². The van der Waals surface area contributed by atoms with Crippen molar-refractivity contribution in [3.8, 4) is 0 Å². The summed E-state index contributed by atoms with van der Waals surface area (Å²) in [4.78, 5) is 11.9. The molecule has 1 aliphatic carbocycles. The number of epoxide rings is 1. The molecule has 1 aliphatic heterocycles. The predicted molar refractivity (Wildman–Crippen MR) is 116 cm³/mol. The highest BCUT2D eigenvalue weighted by Gasteiger charge is 2.43. The van der Waals surface area contributed by atoms with Gasteiger partial charge in [0.2, 0.25) is 0 Å². The van der Waals surface area contributed by atoms with E-state index in [1.165, 1.54) is 77.0 Å². The second-order valence-corrected chi connectivity index (χ2v) is 9.75. The van der Waals surface area contributed by atoms with Gasteiger partial charge in [-0.25, -0.2) is 0 Å². The number of hydrogen-bond acceptors (Lipinski definition) is 3. The zero-order valence-electron chi connectivity index (χ0n) is 18.8. The van der Waals surface area contributed by atoms with E-state index < -0.39 is 0 Å². The van der Waals surface area contributed by atoms with Crippen LogP contribution in [0.1, 0.15) is 123 Å². The Bertz CT molecular complexity index is 407. The van der Waals surface area contributed by atoms with E-state index in [1.54, 1.807) is 0 Å². The summed E-state index contributed by atoms with van der Waals surface area (Å²) < 4.78 is 11.0. The Balaban J connectivity index is 1.26. The van der Waals surface area contributed by atoms with Gasteiger partial charge in [-0.1, -0.05) is 90.9 Å². The summed E-state index contributed by atoms with van der Waals surface area (Å²) in [5.41, 5.74) is 0. The highest BCUT2D eigenvalue weighted by molar-refractivity contribution is 5.69. The number of carbonyl (C=O) groups excluding carboxylic acids is 1. The minimum absolute atomic E-state index is 0.00670. The fourth-order valence-electron chi connectivity index (χ4n) is 4.51. The molecule has 3 nitrogen and oxygen atoms in total. The molecule has 0 aromatic carbocycles. The van der Waals surface area contributed by atoms with Gasteiger partial charge in [0.15, 0.2) is 0 Å². The first-order valence-corrected chi connectivity index (χ1v) is 12.5. The molecule has 0 N–H and O–H groups in total. The summed E-state index contributed by atoms with van der Waals surface area (Å²) in [6.07, 6.45) is 22.5. The normalized spacial score (nSPS) is 23.6. The number of rotatable bonds is 17. The monoisotopic (exact) mass is 394 g/mol. The first-order chi connectivity index (χ1) is 13.6. The topological polar surface area (TPSA) is 38.8 Å². The highest BCUT2D eigenvalue weighted by Crippen LogP contribution is 2.39. The van der Waals surface area contributed by atoms with Crippen molar-refractivity contribution >= 4 is 5.97 Å². The maximum absolute atomic E-state index is 11.9. The molecule has 2 aliphatic rings. The average molecular weight is 395 g/mol. The van der Waals surface area contributed by atoms with E-state index >= 15 is 0 Å². The summed E-state index contributed by atoms with van der Waals surface area (Å²) >= 11 is 0. The fraction of sp³-hybridized carbons (Fsp3) is 0.960. The van der Waals surface area contributed by atoms with Gasteiger partial charge in [-0.15, -0.1) is 0 Å². The third-order valence-electron chi connectivity index (χ3n) is 6.51. The second kappa shape index (κ2) is 14.4. The van der Waals surface area contributed by atoms with Crippen molar-refractivity contribution in [2.45, 2.75) is 135 Å². The largest absolute Gasteiger partial charge is 0.465 e. The van der Waals surface area contributed by atoms with Crippen LogP contribution >= 0.6 is 0 Å². The molecular weight excluding hydrogens is 348 g/mol. The number of hydrogen-bond donors (Lipinski definition) is 0. The van der Waals surface area contributed by atoms with E-state index in [0.29, 0.717) is 31.2 Å². The summed E-state index contributed by atoms with van der Waals surface area (Å²) in [5.74, 6) is 1.41. The molecule has 1 saturated heterocycles. The van der Waals surface area contributed by atoms with Gasteiger partial charge >= 0.3 is 5.97 Å².